The highest BCUT2D eigenvalue weighted by molar-refractivity contribution is 7.80. The summed E-state index contributed by atoms with van der Waals surface area (Å²) in [7, 11) is 0. The van der Waals surface area contributed by atoms with Crippen molar-refractivity contribution in [3.05, 3.63) is 72.3 Å². The lowest BCUT2D eigenvalue weighted by Gasteiger charge is -2.14. The minimum Gasteiger partial charge on any atom is -0.487 e. The lowest BCUT2D eigenvalue weighted by Crippen LogP contribution is -2.34. The molecule has 0 saturated carbocycles. The highest BCUT2D eigenvalue weighted by atomic mass is 32.1. The largest absolute Gasteiger partial charge is 0.487 e. The van der Waals surface area contributed by atoms with E-state index in [0.29, 0.717) is 23.6 Å². The molecular weight excluding hydrogens is 308 g/mol. The van der Waals surface area contributed by atoms with Crippen LogP contribution in [0.4, 0.5) is 5.69 Å². The van der Waals surface area contributed by atoms with Gasteiger partial charge in [0.15, 0.2) is 5.11 Å². The predicted molar refractivity (Wildman–Crippen MR) is 96.9 cm³/mol. The topological polar surface area (TPSA) is 50.4 Å². The smallest absolute Gasteiger partial charge is 0.257 e. The van der Waals surface area contributed by atoms with Crippen LogP contribution in [0.25, 0.3) is 0 Å². The van der Waals surface area contributed by atoms with Gasteiger partial charge >= 0.3 is 0 Å². The van der Waals surface area contributed by atoms with E-state index >= 15 is 0 Å². The van der Waals surface area contributed by atoms with Crippen molar-refractivity contribution in [2.45, 2.75) is 6.92 Å². The van der Waals surface area contributed by atoms with Crippen LogP contribution < -0.4 is 15.4 Å². The van der Waals surface area contributed by atoms with Gasteiger partial charge in [-0.3, -0.25) is 10.1 Å². The van der Waals surface area contributed by atoms with E-state index in [1.54, 1.807) is 24.3 Å². The van der Waals surface area contributed by atoms with Crippen LogP contribution in [0.2, 0.25) is 0 Å². The number of hydrogen-bond donors (Lipinski definition) is 2. The second kappa shape index (κ2) is 8.10. The predicted octanol–water partition coefficient (Wildman–Crippen LogP) is 3.77. The number of nitrogens with one attached hydrogen (secondary N) is 2. The van der Waals surface area contributed by atoms with Crippen molar-refractivity contribution in [2.75, 3.05) is 11.9 Å². The fraction of sp³-hybridized carbons (Fsp3) is 0.111. The van der Waals surface area contributed by atoms with E-state index in [1.165, 1.54) is 0 Å². The molecule has 2 aromatic rings. The Morgan fingerprint density at radius 1 is 1.13 bits per heavy atom. The number of hydrogen-bond acceptors (Lipinski definition) is 3. The molecule has 0 aromatic heterocycles. The second-order valence-electron chi connectivity index (χ2n) is 5.02. The molecule has 2 aromatic carbocycles. The molecule has 2 rings (SSSR count). The molecule has 0 fully saturated rings. The zero-order valence-electron chi connectivity index (χ0n) is 12.8. The van der Waals surface area contributed by atoms with Crippen molar-refractivity contribution in [3.63, 3.8) is 0 Å². The molecule has 0 aliphatic carbocycles. The lowest BCUT2D eigenvalue weighted by molar-refractivity contribution is 0.0977. The van der Waals surface area contributed by atoms with E-state index in [0.717, 1.165) is 5.57 Å². The summed E-state index contributed by atoms with van der Waals surface area (Å²) in [6.45, 7) is 6.11. The van der Waals surface area contributed by atoms with Crippen LogP contribution in [-0.2, 0) is 0 Å². The van der Waals surface area contributed by atoms with E-state index in [4.69, 9.17) is 17.0 Å². The van der Waals surface area contributed by atoms with E-state index in [9.17, 15) is 4.79 Å². The standard InChI is InChI=1S/C18H18N2O2S/c1-13(2)12-22-16-11-7-6-10-15(16)19-18(23)20-17(21)14-8-4-3-5-9-14/h3-11H,1,12H2,2H3,(H2,19,20,21,23). The molecule has 0 spiro atoms. The lowest BCUT2D eigenvalue weighted by atomic mass is 10.2. The van der Waals surface area contributed by atoms with Gasteiger partial charge in [0, 0.05) is 5.56 Å². The molecule has 0 aliphatic heterocycles. The SMILES string of the molecule is C=C(C)COc1ccccc1NC(=S)NC(=O)c1ccccc1. The van der Waals surface area contributed by atoms with Gasteiger partial charge in [0.1, 0.15) is 12.4 Å². The van der Waals surface area contributed by atoms with Crippen LogP contribution >= 0.6 is 12.2 Å². The molecule has 4 nitrogen and oxygen atoms in total. The highest BCUT2D eigenvalue weighted by Gasteiger charge is 2.09. The van der Waals surface area contributed by atoms with E-state index < -0.39 is 0 Å². The van der Waals surface area contributed by atoms with E-state index in [1.807, 2.05) is 37.3 Å². The number of rotatable bonds is 5. The number of carbonyl (C=O) groups is 1. The van der Waals surface area contributed by atoms with Crippen LogP contribution in [0.3, 0.4) is 0 Å². The van der Waals surface area contributed by atoms with Gasteiger partial charge in [-0.2, -0.15) is 0 Å². The van der Waals surface area contributed by atoms with Gasteiger partial charge in [0.05, 0.1) is 5.69 Å². The number of amides is 1. The molecule has 0 aliphatic rings. The van der Waals surface area contributed by atoms with E-state index in [-0.39, 0.29) is 11.0 Å². The summed E-state index contributed by atoms with van der Waals surface area (Å²) in [4.78, 5) is 12.1. The fourth-order valence-corrected chi connectivity index (χ4v) is 2.02. The van der Waals surface area contributed by atoms with Crippen LogP contribution in [0.1, 0.15) is 17.3 Å². The molecule has 1 amide bonds. The van der Waals surface area contributed by atoms with Gasteiger partial charge in [-0.05, 0) is 49.0 Å². The second-order valence-corrected chi connectivity index (χ2v) is 5.42. The summed E-state index contributed by atoms with van der Waals surface area (Å²) in [6.07, 6.45) is 0. The molecule has 0 saturated heterocycles. The molecule has 0 atom stereocenters. The minimum absolute atomic E-state index is 0.213. The summed E-state index contributed by atoms with van der Waals surface area (Å²) in [5.41, 5.74) is 2.15. The third-order valence-corrected chi connectivity index (χ3v) is 3.08. The van der Waals surface area contributed by atoms with Crippen molar-refractivity contribution >= 4 is 28.9 Å². The summed E-state index contributed by atoms with van der Waals surface area (Å²) >= 11 is 5.19. The zero-order chi connectivity index (χ0) is 16.7. The Labute approximate surface area is 141 Å². The molecule has 118 valence electrons. The van der Waals surface area contributed by atoms with Crippen molar-refractivity contribution in [3.8, 4) is 5.75 Å². The zero-order valence-corrected chi connectivity index (χ0v) is 13.7. The quantitative estimate of drug-likeness (QED) is 0.649. The summed E-state index contributed by atoms with van der Waals surface area (Å²) in [5.74, 6) is 0.384. The first-order chi connectivity index (χ1) is 11.1. The normalized spacial score (nSPS) is 9.78. The van der Waals surface area contributed by atoms with Crippen LogP contribution in [0.15, 0.2) is 66.7 Å². The highest BCUT2D eigenvalue weighted by Crippen LogP contribution is 2.24. The molecule has 23 heavy (non-hydrogen) atoms. The van der Waals surface area contributed by atoms with Crippen molar-refractivity contribution < 1.29 is 9.53 Å². The number of benzene rings is 2. The average molecular weight is 326 g/mol. The van der Waals surface area contributed by atoms with Crippen molar-refractivity contribution in [2.24, 2.45) is 0 Å². The van der Waals surface area contributed by atoms with Crippen molar-refractivity contribution in [1.82, 2.24) is 5.32 Å². The number of anilines is 1. The number of carbonyl (C=O) groups excluding carboxylic acids is 1. The van der Waals surface area contributed by atoms with Crippen LogP contribution in [0.5, 0.6) is 5.75 Å². The Hall–Kier alpha value is -2.66. The third-order valence-electron chi connectivity index (χ3n) is 2.87. The number of ether oxygens (including phenoxy) is 1. The third kappa shape index (κ3) is 5.23. The monoisotopic (exact) mass is 326 g/mol. The Bertz CT molecular complexity index is 714. The molecule has 0 radical (unpaired) electrons. The van der Waals surface area contributed by atoms with Crippen LogP contribution in [-0.4, -0.2) is 17.6 Å². The Morgan fingerprint density at radius 2 is 1.78 bits per heavy atom. The van der Waals surface area contributed by atoms with Crippen molar-refractivity contribution in [1.29, 1.82) is 0 Å². The summed E-state index contributed by atoms with van der Waals surface area (Å²) in [5, 5.41) is 5.84. The fourth-order valence-electron chi connectivity index (χ4n) is 1.82. The number of para-hydroxylation sites is 2. The molecule has 5 heteroatoms. The first-order valence-electron chi connectivity index (χ1n) is 7.10. The van der Waals surface area contributed by atoms with Gasteiger partial charge in [-0.15, -0.1) is 0 Å². The van der Waals surface area contributed by atoms with E-state index in [2.05, 4.69) is 17.2 Å². The van der Waals surface area contributed by atoms with Gasteiger partial charge in [0.2, 0.25) is 0 Å². The average Bonchev–Trinajstić information content (AvgIpc) is 2.54. The minimum atomic E-state index is -0.261. The molecular formula is C18H18N2O2S. The maximum Gasteiger partial charge on any atom is 0.257 e. The van der Waals surface area contributed by atoms with Crippen LogP contribution in [0, 0.1) is 0 Å². The Kier molecular flexibility index (Phi) is 5.88. The van der Waals surface area contributed by atoms with Gasteiger partial charge < -0.3 is 10.1 Å². The van der Waals surface area contributed by atoms with Gasteiger partial charge in [-0.25, -0.2) is 0 Å². The summed E-state index contributed by atoms with van der Waals surface area (Å²) in [6, 6.07) is 16.3. The summed E-state index contributed by atoms with van der Waals surface area (Å²) < 4.78 is 5.65. The Balaban J connectivity index is 2.00. The van der Waals surface area contributed by atoms with Gasteiger partial charge in [0.25, 0.3) is 5.91 Å². The molecule has 2 N–H and O–H groups in total. The first-order valence-corrected chi connectivity index (χ1v) is 7.50. The maximum atomic E-state index is 12.1. The molecule has 0 heterocycles. The Morgan fingerprint density at radius 3 is 2.48 bits per heavy atom. The van der Waals surface area contributed by atoms with Gasteiger partial charge in [-0.1, -0.05) is 36.9 Å². The first kappa shape index (κ1) is 16.7. The number of thiocarbonyl (C=S) groups is 1. The molecule has 0 bridgehead atoms. The maximum absolute atomic E-state index is 12.1. The molecule has 0 unspecified atom stereocenters.